The number of piperidine rings is 1. The minimum atomic E-state index is -0.253. The number of amides is 2. The molecule has 134 valence electrons. The number of nitrogens with zero attached hydrogens (tertiary/aromatic N) is 1. The second-order valence-corrected chi connectivity index (χ2v) is 8.34. The van der Waals surface area contributed by atoms with E-state index in [9.17, 15) is 9.59 Å². The van der Waals surface area contributed by atoms with E-state index in [1.54, 1.807) is 4.90 Å². The summed E-state index contributed by atoms with van der Waals surface area (Å²) in [6, 6.07) is 10.3. The zero-order chi connectivity index (χ0) is 17.3. The van der Waals surface area contributed by atoms with E-state index < -0.39 is 0 Å². The standard InChI is InChI=1S/C22H29NO2/c24-20-15-22(18-11-5-2-6-12-18)14-8-7-13-19(22)21(25)23(20)16-17-9-3-1-4-10-17/h2,5-6,11-12,17,19H,1,3-4,7-10,13-16H2/t19-,22-/m1/s1. The largest absolute Gasteiger partial charge is 0.282 e. The van der Waals surface area contributed by atoms with Gasteiger partial charge in [0, 0.05) is 24.3 Å². The maximum atomic E-state index is 13.3. The van der Waals surface area contributed by atoms with E-state index >= 15 is 0 Å². The Bertz CT molecular complexity index is 635. The minimum Gasteiger partial charge on any atom is -0.282 e. The molecule has 0 unspecified atom stereocenters. The van der Waals surface area contributed by atoms with Crippen molar-refractivity contribution in [3.05, 3.63) is 35.9 Å². The van der Waals surface area contributed by atoms with Crippen LogP contribution in [0.2, 0.25) is 0 Å². The van der Waals surface area contributed by atoms with Crippen molar-refractivity contribution >= 4 is 11.8 Å². The molecule has 0 radical (unpaired) electrons. The van der Waals surface area contributed by atoms with Crippen LogP contribution in [-0.4, -0.2) is 23.3 Å². The Morgan fingerprint density at radius 1 is 0.920 bits per heavy atom. The lowest BCUT2D eigenvalue weighted by Gasteiger charge is -2.49. The number of benzene rings is 1. The van der Waals surface area contributed by atoms with Gasteiger partial charge in [-0.25, -0.2) is 0 Å². The summed E-state index contributed by atoms with van der Waals surface area (Å²) in [5, 5.41) is 0. The monoisotopic (exact) mass is 339 g/mol. The highest BCUT2D eigenvalue weighted by Gasteiger charge is 2.53. The molecule has 1 saturated heterocycles. The zero-order valence-electron chi connectivity index (χ0n) is 15.1. The van der Waals surface area contributed by atoms with Gasteiger partial charge in [0.25, 0.3) is 0 Å². The van der Waals surface area contributed by atoms with Crippen molar-refractivity contribution in [3.8, 4) is 0 Å². The fraction of sp³-hybridized carbons (Fsp3) is 0.636. The SMILES string of the molecule is O=C1C[C@@]2(c3ccccc3)CCCC[C@@H]2C(=O)N1CC1CCCCC1. The molecule has 3 heteroatoms. The van der Waals surface area contributed by atoms with Gasteiger partial charge in [-0.05, 0) is 37.2 Å². The van der Waals surface area contributed by atoms with E-state index in [0.717, 1.165) is 25.7 Å². The molecule has 0 spiro atoms. The molecule has 25 heavy (non-hydrogen) atoms. The van der Waals surface area contributed by atoms with Crippen LogP contribution in [0.15, 0.2) is 30.3 Å². The first-order valence-corrected chi connectivity index (χ1v) is 10.1. The predicted molar refractivity (Wildman–Crippen MR) is 98.0 cm³/mol. The van der Waals surface area contributed by atoms with Gasteiger partial charge in [-0.1, -0.05) is 62.4 Å². The highest BCUT2D eigenvalue weighted by Crippen LogP contribution is 2.50. The van der Waals surface area contributed by atoms with Crippen LogP contribution in [0.4, 0.5) is 0 Å². The van der Waals surface area contributed by atoms with Gasteiger partial charge in [0.2, 0.25) is 11.8 Å². The summed E-state index contributed by atoms with van der Waals surface area (Å²) in [7, 11) is 0. The molecular formula is C22H29NO2. The van der Waals surface area contributed by atoms with Gasteiger partial charge in [-0.3, -0.25) is 14.5 Å². The third kappa shape index (κ3) is 3.02. The van der Waals surface area contributed by atoms with Crippen molar-refractivity contribution in [1.82, 2.24) is 4.90 Å². The molecule has 2 atom stereocenters. The summed E-state index contributed by atoms with van der Waals surface area (Å²) in [6.45, 7) is 0.666. The summed E-state index contributed by atoms with van der Waals surface area (Å²) in [6.07, 6.45) is 10.8. The number of carbonyl (C=O) groups excluding carboxylic acids is 2. The first-order chi connectivity index (χ1) is 12.2. The Kier molecular flexibility index (Phi) is 4.66. The fourth-order valence-electron chi connectivity index (χ4n) is 5.52. The molecule has 3 fully saturated rings. The molecule has 1 aromatic carbocycles. The molecule has 2 saturated carbocycles. The van der Waals surface area contributed by atoms with Gasteiger partial charge in [-0.15, -0.1) is 0 Å². The van der Waals surface area contributed by atoms with Gasteiger partial charge in [0.15, 0.2) is 0 Å². The second kappa shape index (κ2) is 6.93. The molecule has 2 aliphatic carbocycles. The van der Waals surface area contributed by atoms with Crippen LogP contribution in [0.25, 0.3) is 0 Å². The average Bonchev–Trinajstić information content (AvgIpc) is 2.67. The summed E-state index contributed by atoms with van der Waals surface area (Å²) >= 11 is 0. The molecule has 1 aliphatic heterocycles. The Hall–Kier alpha value is -1.64. The first-order valence-electron chi connectivity index (χ1n) is 10.1. The highest BCUT2D eigenvalue weighted by molar-refractivity contribution is 6.01. The molecule has 0 N–H and O–H groups in total. The summed E-state index contributed by atoms with van der Waals surface area (Å²) in [5.74, 6) is 0.697. The lowest BCUT2D eigenvalue weighted by atomic mass is 9.58. The van der Waals surface area contributed by atoms with E-state index in [1.807, 2.05) is 18.2 Å². The molecular weight excluding hydrogens is 310 g/mol. The van der Waals surface area contributed by atoms with Crippen LogP contribution in [0.1, 0.15) is 69.8 Å². The smallest absolute Gasteiger partial charge is 0.233 e. The number of imide groups is 1. The number of hydrogen-bond acceptors (Lipinski definition) is 2. The van der Waals surface area contributed by atoms with Crippen LogP contribution < -0.4 is 0 Å². The lowest BCUT2D eigenvalue weighted by Crippen LogP contribution is -2.58. The molecule has 2 amide bonds. The number of rotatable bonds is 3. The lowest BCUT2D eigenvalue weighted by molar-refractivity contribution is -0.158. The van der Waals surface area contributed by atoms with Gasteiger partial charge in [0.1, 0.15) is 0 Å². The minimum absolute atomic E-state index is 0.00931. The molecule has 3 aliphatic rings. The van der Waals surface area contributed by atoms with Crippen molar-refractivity contribution in [3.63, 3.8) is 0 Å². The quantitative estimate of drug-likeness (QED) is 0.763. The molecule has 3 nitrogen and oxygen atoms in total. The number of fused-ring (bicyclic) bond motifs is 1. The van der Waals surface area contributed by atoms with Crippen molar-refractivity contribution in [2.45, 2.75) is 69.6 Å². The average molecular weight is 339 g/mol. The molecule has 1 heterocycles. The van der Waals surface area contributed by atoms with Gasteiger partial charge in [0.05, 0.1) is 0 Å². The Labute approximate surface area is 150 Å². The van der Waals surface area contributed by atoms with E-state index in [0.29, 0.717) is 18.9 Å². The van der Waals surface area contributed by atoms with E-state index in [4.69, 9.17) is 0 Å². The topological polar surface area (TPSA) is 37.4 Å². The van der Waals surface area contributed by atoms with Gasteiger partial charge >= 0.3 is 0 Å². The van der Waals surface area contributed by atoms with Crippen molar-refractivity contribution in [1.29, 1.82) is 0 Å². The summed E-state index contributed by atoms with van der Waals surface area (Å²) in [5.41, 5.74) is 0.940. The number of carbonyl (C=O) groups is 2. The van der Waals surface area contributed by atoms with Crippen LogP contribution in [0.3, 0.4) is 0 Å². The molecule has 1 aromatic rings. The van der Waals surface area contributed by atoms with Crippen LogP contribution in [0.5, 0.6) is 0 Å². The van der Waals surface area contributed by atoms with Gasteiger partial charge in [-0.2, -0.15) is 0 Å². The van der Waals surface area contributed by atoms with Gasteiger partial charge < -0.3 is 0 Å². The second-order valence-electron chi connectivity index (χ2n) is 8.34. The highest BCUT2D eigenvalue weighted by atomic mass is 16.2. The third-order valence-corrected chi connectivity index (χ3v) is 6.88. The fourth-order valence-corrected chi connectivity index (χ4v) is 5.52. The van der Waals surface area contributed by atoms with Crippen molar-refractivity contribution in [2.24, 2.45) is 11.8 Å². The maximum absolute atomic E-state index is 13.3. The molecule has 0 aromatic heterocycles. The Balaban J connectivity index is 1.61. The van der Waals surface area contributed by atoms with E-state index in [2.05, 4.69) is 12.1 Å². The Morgan fingerprint density at radius 3 is 2.40 bits per heavy atom. The van der Waals surface area contributed by atoms with Crippen LogP contribution >= 0.6 is 0 Å². The van der Waals surface area contributed by atoms with Crippen LogP contribution in [-0.2, 0) is 15.0 Å². The third-order valence-electron chi connectivity index (χ3n) is 6.88. The van der Waals surface area contributed by atoms with Crippen molar-refractivity contribution < 1.29 is 9.59 Å². The summed E-state index contributed by atoms with van der Waals surface area (Å²) < 4.78 is 0. The summed E-state index contributed by atoms with van der Waals surface area (Å²) in [4.78, 5) is 28.0. The Morgan fingerprint density at radius 2 is 1.64 bits per heavy atom. The zero-order valence-corrected chi connectivity index (χ0v) is 15.1. The maximum Gasteiger partial charge on any atom is 0.233 e. The van der Waals surface area contributed by atoms with Crippen LogP contribution in [0, 0.1) is 11.8 Å². The number of hydrogen-bond donors (Lipinski definition) is 0. The predicted octanol–water partition coefficient (Wildman–Crippen LogP) is 4.45. The first kappa shape index (κ1) is 16.8. The number of likely N-dealkylation sites (tertiary alicyclic amines) is 1. The molecule has 0 bridgehead atoms. The van der Waals surface area contributed by atoms with E-state index in [1.165, 1.54) is 37.7 Å². The van der Waals surface area contributed by atoms with Crippen molar-refractivity contribution in [2.75, 3.05) is 6.54 Å². The van der Waals surface area contributed by atoms with E-state index in [-0.39, 0.29) is 23.1 Å². The normalized spacial score (nSPS) is 31.0. The molecule has 4 rings (SSSR count).